The van der Waals surface area contributed by atoms with Crippen LogP contribution in [0.5, 0.6) is 5.75 Å². The van der Waals surface area contributed by atoms with Crippen molar-refractivity contribution in [2.75, 3.05) is 68.6 Å². The first-order valence-corrected chi connectivity index (χ1v) is 19.3. The number of carboxylic acid groups (broad SMARTS) is 1. The number of anilines is 2. The van der Waals surface area contributed by atoms with Gasteiger partial charge in [0.25, 0.3) is 16.0 Å². The zero-order valence-electron chi connectivity index (χ0n) is 29.6. The molecule has 1 amide bonds. The predicted octanol–water partition coefficient (Wildman–Crippen LogP) is 6.74. The Kier molecular flexibility index (Phi) is 12.9. The van der Waals surface area contributed by atoms with Crippen LogP contribution in [0.1, 0.15) is 75.2 Å². The van der Waals surface area contributed by atoms with Crippen molar-refractivity contribution in [3.05, 3.63) is 53.2 Å². The molecule has 0 saturated carbocycles. The summed E-state index contributed by atoms with van der Waals surface area (Å²) in [6, 6.07) is 10.1. The molecule has 12 nitrogen and oxygen atoms in total. The molecule has 0 aliphatic carbocycles. The van der Waals surface area contributed by atoms with Crippen LogP contribution in [0, 0.1) is 12.8 Å². The zero-order valence-corrected chi connectivity index (χ0v) is 30.4. The van der Waals surface area contributed by atoms with Gasteiger partial charge >= 0.3 is 6.09 Å². The molecule has 0 bridgehead atoms. The van der Waals surface area contributed by atoms with E-state index in [1.54, 1.807) is 19.1 Å². The first-order chi connectivity index (χ1) is 24.4. The molecule has 2 fully saturated rings. The van der Waals surface area contributed by atoms with Crippen molar-refractivity contribution in [1.82, 2.24) is 15.1 Å². The molecule has 2 aromatic carbocycles. The molecule has 3 heterocycles. The molecule has 51 heavy (non-hydrogen) atoms. The van der Waals surface area contributed by atoms with E-state index in [0.717, 1.165) is 35.7 Å². The minimum absolute atomic E-state index is 0.0390. The normalized spacial score (nSPS) is 16.7. The molecule has 2 aliphatic heterocycles. The largest absolute Gasteiger partial charge is 0.493 e. The van der Waals surface area contributed by atoms with Gasteiger partial charge in [0.15, 0.2) is 5.82 Å². The van der Waals surface area contributed by atoms with Crippen LogP contribution in [-0.2, 0) is 25.0 Å². The van der Waals surface area contributed by atoms with Crippen molar-refractivity contribution in [3.8, 4) is 5.75 Å². The number of fused-ring (bicyclic) bond motifs is 1. The number of nitrogens with one attached hydrogen (secondary N) is 1. The maximum atomic E-state index is 15.8. The molecule has 15 heteroatoms. The van der Waals surface area contributed by atoms with Crippen LogP contribution < -0.4 is 15.0 Å². The van der Waals surface area contributed by atoms with E-state index in [1.165, 1.54) is 17.0 Å². The lowest BCUT2D eigenvalue weighted by atomic mass is 9.85. The third-order valence-corrected chi connectivity index (χ3v) is 10.9. The Hall–Kier alpha value is -3.82. The van der Waals surface area contributed by atoms with Gasteiger partial charge in [0.05, 0.1) is 49.3 Å². The molecular formula is C36H49F2N5O7S. The van der Waals surface area contributed by atoms with Crippen molar-refractivity contribution >= 4 is 38.5 Å². The van der Waals surface area contributed by atoms with Crippen molar-refractivity contribution in [2.45, 2.75) is 71.3 Å². The molecule has 280 valence electrons. The van der Waals surface area contributed by atoms with Crippen molar-refractivity contribution < 1.29 is 40.8 Å². The summed E-state index contributed by atoms with van der Waals surface area (Å²) in [5, 5.41) is 23.2. The number of aryl methyl sites for hydroxylation is 1. The first-order valence-electron chi connectivity index (χ1n) is 17.8. The number of aromatic nitrogens is 2. The maximum absolute atomic E-state index is 15.8. The minimum Gasteiger partial charge on any atom is -0.493 e. The zero-order chi connectivity index (χ0) is 36.6. The van der Waals surface area contributed by atoms with E-state index < -0.39 is 34.1 Å². The second-order valence-corrected chi connectivity index (χ2v) is 15.1. The lowest BCUT2D eigenvalue weighted by Gasteiger charge is -2.35. The summed E-state index contributed by atoms with van der Waals surface area (Å²) in [6.07, 6.45) is 2.18. The quantitative estimate of drug-likeness (QED) is 0.119. The Labute approximate surface area is 298 Å². The SMILES string of the molecule is CCS(=O)(=O)OCCCCCCOc1cc(N2CCOCC2)cc2c(NC(C)c3cccc(C(F)(F)C4CCN(C(=O)O)CC4)c3)nnc(C)c12. The molecule has 1 aromatic heterocycles. The van der Waals surface area contributed by atoms with E-state index in [9.17, 15) is 18.3 Å². The fourth-order valence-electron chi connectivity index (χ4n) is 6.60. The molecule has 2 N–H and O–H groups in total. The average molecular weight is 734 g/mol. The van der Waals surface area contributed by atoms with E-state index in [-0.39, 0.29) is 43.9 Å². The summed E-state index contributed by atoms with van der Waals surface area (Å²) in [4.78, 5) is 14.7. The van der Waals surface area contributed by atoms with Gasteiger partial charge in [-0.15, -0.1) is 5.10 Å². The summed E-state index contributed by atoms with van der Waals surface area (Å²) >= 11 is 0. The summed E-state index contributed by atoms with van der Waals surface area (Å²) in [5.74, 6) is -2.93. The Morgan fingerprint density at radius 3 is 2.45 bits per heavy atom. The number of unbranched alkanes of at least 4 members (excludes halogenated alkanes) is 3. The van der Waals surface area contributed by atoms with Gasteiger partial charge in [0.2, 0.25) is 0 Å². The number of piperidine rings is 1. The lowest BCUT2D eigenvalue weighted by molar-refractivity contribution is -0.0836. The van der Waals surface area contributed by atoms with Gasteiger partial charge in [0.1, 0.15) is 5.75 Å². The van der Waals surface area contributed by atoms with Gasteiger partial charge < -0.3 is 29.7 Å². The number of nitrogens with zero attached hydrogens (tertiary/aromatic N) is 4. The monoisotopic (exact) mass is 733 g/mol. The highest BCUT2D eigenvalue weighted by atomic mass is 32.2. The Morgan fingerprint density at radius 1 is 1.06 bits per heavy atom. The van der Waals surface area contributed by atoms with Crippen LogP contribution in [0.25, 0.3) is 10.8 Å². The van der Waals surface area contributed by atoms with Crippen LogP contribution >= 0.6 is 0 Å². The Morgan fingerprint density at radius 2 is 1.76 bits per heavy atom. The van der Waals surface area contributed by atoms with Gasteiger partial charge in [-0.25, -0.2) is 13.6 Å². The topological polar surface area (TPSA) is 143 Å². The maximum Gasteiger partial charge on any atom is 0.407 e. The first kappa shape index (κ1) is 38.4. The Bertz CT molecular complexity index is 1750. The predicted molar refractivity (Wildman–Crippen MR) is 191 cm³/mol. The summed E-state index contributed by atoms with van der Waals surface area (Å²) in [7, 11) is -3.43. The molecule has 3 aromatic rings. The van der Waals surface area contributed by atoms with E-state index in [2.05, 4.69) is 26.5 Å². The fourth-order valence-corrected chi connectivity index (χ4v) is 7.13. The minimum atomic E-state index is -3.43. The molecule has 0 spiro atoms. The van der Waals surface area contributed by atoms with Crippen LogP contribution in [0.3, 0.4) is 0 Å². The number of benzene rings is 2. The van der Waals surface area contributed by atoms with Crippen LogP contribution in [0.4, 0.5) is 25.1 Å². The average Bonchev–Trinajstić information content (AvgIpc) is 3.14. The number of amides is 1. The fraction of sp³-hybridized carbons (Fsp3) is 0.583. The molecule has 0 radical (unpaired) electrons. The number of halogens is 2. The third kappa shape index (κ3) is 9.74. The highest BCUT2D eigenvalue weighted by Crippen LogP contribution is 2.43. The second kappa shape index (κ2) is 17.1. The lowest BCUT2D eigenvalue weighted by Crippen LogP contribution is -2.41. The molecule has 2 aliphatic rings. The van der Waals surface area contributed by atoms with Crippen LogP contribution in [0.15, 0.2) is 36.4 Å². The van der Waals surface area contributed by atoms with Gasteiger partial charge in [-0.05, 0) is 70.6 Å². The number of alkyl halides is 2. The number of ether oxygens (including phenoxy) is 2. The summed E-state index contributed by atoms with van der Waals surface area (Å²) in [5.41, 5.74) is 2.21. The smallest absolute Gasteiger partial charge is 0.407 e. The van der Waals surface area contributed by atoms with Crippen LogP contribution in [-0.4, -0.2) is 93.1 Å². The van der Waals surface area contributed by atoms with Gasteiger partial charge in [-0.1, -0.05) is 24.6 Å². The highest BCUT2D eigenvalue weighted by molar-refractivity contribution is 7.86. The number of morpholine rings is 1. The van der Waals surface area contributed by atoms with E-state index >= 15 is 8.78 Å². The number of likely N-dealkylation sites (tertiary alicyclic amines) is 1. The number of carbonyl (C=O) groups is 1. The van der Waals surface area contributed by atoms with Crippen molar-refractivity contribution in [1.29, 1.82) is 0 Å². The molecule has 1 unspecified atom stereocenters. The molecule has 2 saturated heterocycles. The van der Waals surface area contributed by atoms with Gasteiger partial charge in [0, 0.05) is 54.8 Å². The molecule has 5 rings (SSSR count). The standard InChI is InChI=1S/C36H49F2N5O7S/c1-4-51(46,47)50-19-8-6-5-7-18-49-32-24-30(42-16-20-48-21-17-42)23-31-33(32)26(3)40-41-34(31)39-25(2)27-10-9-11-29(22-27)36(37,38)28-12-14-43(15-13-28)35(44)45/h9-11,22-25,28H,4-8,12-21H2,1-3H3,(H,39,41)(H,44,45). The van der Waals surface area contributed by atoms with Crippen LogP contribution in [0.2, 0.25) is 0 Å². The molecular weight excluding hydrogens is 684 g/mol. The van der Waals surface area contributed by atoms with Gasteiger partial charge in [-0.3, -0.25) is 4.18 Å². The van der Waals surface area contributed by atoms with Gasteiger partial charge in [-0.2, -0.15) is 13.5 Å². The number of hydrogen-bond donors (Lipinski definition) is 2. The summed E-state index contributed by atoms with van der Waals surface area (Å²) < 4.78 is 71.5. The number of hydrogen-bond acceptors (Lipinski definition) is 10. The Balaban J connectivity index is 1.33. The second-order valence-electron chi connectivity index (χ2n) is 13.2. The van der Waals surface area contributed by atoms with E-state index in [1.807, 2.05) is 19.9 Å². The third-order valence-electron chi connectivity index (χ3n) is 9.70. The van der Waals surface area contributed by atoms with E-state index in [4.69, 9.17) is 13.7 Å². The number of rotatable bonds is 16. The van der Waals surface area contributed by atoms with E-state index in [0.29, 0.717) is 62.2 Å². The summed E-state index contributed by atoms with van der Waals surface area (Å²) in [6.45, 7) is 8.77. The van der Waals surface area contributed by atoms with Crippen molar-refractivity contribution in [2.24, 2.45) is 5.92 Å². The van der Waals surface area contributed by atoms with Crippen molar-refractivity contribution in [3.63, 3.8) is 0 Å². The highest BCUT2D eigenvalue weighted by Gasteiger charge is 2.43. The molecule has 1 atom stereocenters.